The van der Waals surface area contributed by atoms with Gasteiger partial charge in [0, 0.05) is 0 Å². The zero-order valence-electron chi connectivity index (χ0n) is 10.1. The summed E-state index contributed by atoms with van der Waals surface area (Å²) in [6, 6.07) is 3.31. The van der Waals surface area contributed by atoms with Crippen molar-refractivity contribution in [2.45, 2.75) is 26.4 Å². The van der Waals surface area contributed by atoms with Crippen molar-refractivity contribution in [2.24, 2.45) is 0 Å². The predicted octanol–water partition coefficient (Wildman–Crippen LogP) is 3.47. The third-order valence-electron chi connectivity index (χ3n) is 2.02. The molecule has 0 fully saturated rings. The highest BCUT2D eigenvalue weighted by molar-refractivity contribution is 14.1. The zero-order chi connectivity index (χ0) is 13.5. The molecule has 7 heteroatoms. The van der Waals surface area contributed by atoms with E-state index in [9.17, 15) is 4.79 Å². The summed E-state index contributed by atoms with van der Waals surface area (Å²) in [5.74, 6) is 0. The molecule has 18 heavy (non-hydrogen) atoms. The van der Waals surface area contributed by atoms with Crippen LogP contribution in [0.1, 0.15) is 20.8 Å². The molecule has 0 aliphatic carbocycles. The van der Waals surface area contributed by atoms with Crippen LogP contribution in [0, 0.1) is 3.70 Å². The lowest BCUT2D eigenvalue weighted by atomic mass is 10.2. The summed E-state index contributed by atoms with van der Waals surface area (Å²) >= 11 is 7.82. The molecular weight excluding hydrogens is 368 g/mol. The number of pyridine rings is 1. The van der Waals surface area contributed by atoms with E-state index in [1.54, 1.807) is 32.9 Å². The van der Waals surface area contributed by atoms with Crippen molar-refractivity contribution in [3.05, 3.63) is 21.0 Å². The maximum atomic E-state index is 12.0. The molecule has 2 aromatic heterocycles. The highest BCUT2D eigenvalue weighted by Crippen LogP contribution is 2.21. The first-order valence-corrected chi connectivity index (χ1v) is 6.68. The van der Waals surface area contributed by atoms with Gasteiger partial charge in [-0.05, 0) is 55.5 Å². The Balaban J connectivity index is 2.49. The number of ether oxygens (including phenoxy) is 1. The molecule has 2 rings (SSSR count). The summed E-state index contributed by atoms with van der Waals surface area (Å²) in [5, 5.41) is 4.49. The minimum Gasteiger partial charge on any atom is -0.442 e. The average Bonchev–Trinajstić information content (AvgIpc) is 2.54. The molecule has 0 saturated carbocycles. The van der Waals surface area contributed by atoms with E-state index in [4.69, 9.17) is 16.3 Å². The van der Waals surface area contributed by atoms with Gasteiger partial charge in [-0.25, -0.2) is 9.78 Å². The minimum atomic E-state index is -0.569. The summed E-state index contributed by atoms with van der Waals surface area (Å²) in [6.45, 7) is 5.41. The van der Waals surface area contributed by atoms with Gasteiger partial charge >= 0.3 is 6.09 Å². The molecule has 0 aromatic carbocycles. The van der Waals surface area contributed by atoms with E-state index in [2.05, 4.69) is 10.1 Å². The Morgan fingerprint density at radius 1 is 1.44 bits per heavy atom. The van der Waals surface area contributed by atoms with Crippen molar-refractivity contribution in [3.8, 4) is 0 Å². The Kier molecular flexibility index (Phi) is 3.50. The monoisotopic (exact) mass is 379 g/mol. The van der Waals surface area contributed by atoms with Gasteiger partial charge in [-0.15, -0.1) is 0 Å². The fraction of sp³-hybridized carbons (Fsp3) is 0.364. The Bertz CT molecular complexity index is 619. The lowest BCUT2D eigenvalue weighted by Gasteiger charge is -2.19. The van der Waals surface area contributed by atoms with Crippen LogP contribution in [0.5, 0.6) is 0 Å². The largest absolute Gasteiger partial charge is 0.442 e. The summed E-state index contributed by atoms with van der Waals surface area (Å²) in [6.07, 6.45) is -0.528. The lowest BCUT2D eigenvalue weighted by Crippen LogP contribution is -2.27. The molecule has 0 saturated heterocycles. The smallest absolute Gasteiger partial charge is 0.435 e. The van der Waals surface area contributed by atoms with Crippen LogP contribution in [0.2, 0.25) is 5.15 Å². The first kappa shape index (κ1) is 13.5. The SMILES string of the molecule is CC(C)(C)OC(=O)n1nc(I)c2nc(Cl)ccc21. The van der Waals surface area contributed by atoms with Crippen LogP contribution in [-0.2, 0) is 4.74 Å². The second kappa shape index (κ2) is 4.65. The van der Waals surface area contributed by atoms with Gasteiger partial charge in [0.2, 0.25) is 0 Å². The molecular formula is C11H11ClIN3O2. The third-order valence-corrected chi connectivity index (χ3v) is 2.95. The van der Waals surface area contributed by atoms with Gasteiger partial charge < -0.3 is 4.74 Å². The molecule has 0 radical (unpaired) electrons. The second-order valence-corrected chi connectivity index (χ2v) is 6.09. The van der Waals surface area contributed by atoms with Gasteiger partial charge in [0.1, 0.15) is 25.5 Å². The van der Waals surface area contributed by atoms with E-state index < -0.39 is 11.7 Å². The van der Waals surface area contributed by atoms with Gasteiger partial charge in [-0.3, -0.25) is 0 Å². The standard InChI is InChI=1S/C11H11ClIN3O2/c1-11(2,3)18-10(17)16-6-4-5-7(12)14-8(6)9(13)15-16/h4-5H,1-3H3. The van der Waals surface area contributed by atoms with Crippen LogP contribution in [0.3, 0.4) is 0 Å². The highest BCUT2D eigenvalue weighted by atomic mass is 127. The number of hydrogen-bond donors (Lipinski definition) is 0. The third kappa shape index (κ3) is 2.74. The van der Waals surface area contributed by atoms with Gasteiger partial charge in [0.15, 0.2) is 0 Å². The Morgan fingerprint density at radius 3 is 2.72 bits per heavy atom. The second-order valence-electron chi connectivity index (χ2n) is 4.68. The Hall–Kier alpha value is -0.890. The minimum absolute atomic E-state index is 0.365. The van der Waals surface area contributed by atoms with E-state index in [1.165, 1.54) is 4.68 Å². The fourth-order valence-electron chi connectivity index (χ4n) is 1.38. The summed E-state index contributed by atoms with van der Waals surface area (Å²) in [7, 11) is 0. The maximum Gasteiger partial charge on any atom is 0.435 e. The normalized spacial score (nSPS) is 11.8. The quantitative estimate of drug-likeness (QED) is 0.519. The summed E-state index contributed by atoms with van der Waals surface area (Å²) in [4.78, 5) is 16.1. The van der Waals surface area contributed by atoms with Crippen LogP contribution in [-0.4, -0.2) is 26.5 Å². The molecule has 0 unspecified atom stereocenters. The highest BCUT2D eigenvalue weighted by Gasteiger charge is 2.22. The lowest BCUT2D eigenvalue weighted by molar-refractivity contribution is 0.0522. The number of aromatic nitrogens is 3. The van der Waals surface area contributed by atoms with Crippen LogP contribution in [0.4, 0.5) is 4.79 Å². The molecule has 0 atom stereocenters. The number of carbonyl (C=O) groups is 1. The predicted molar refractivity (Wildman–Crippen MR) is 76.9 cm³/mol. The Labute approximate surface area is 123 Å². The fourth-order valence-corrected chi connectivity index (χ4v) is 2.14. The van der Waals surface area contributed by atoms with Crippen LogP contribution in [0.25, 0.3) is 11.0 Å². The van der Waals surface area contributed by atoms with Gasteiger partial charge in [0.25, 0.3) is 0 Å². The van der Waals surface area contributed by atoms with Crippen LogP contribution in [0.15, 0.2) is 12.1 Å². The number of carbonyl (C=O) groups excluding carboxylic acids is 1. The maximum absolute atomic E-state index is 12.0. The van der Waals surface area contributed by atoms with E-state index in [1.807, 2.05) is 22.6 Å². The first-order valence-electron chi connectivity index (χ1n) is 5.22. The molecule has 2 aromatic rings. The number of rotatable bonds is 0. The summed E-state index contributed by atoms with van der Waals surface area (Å²) < 4.78 is 7.08. The van der Waals surface area contributed by atoms with Crippen molar-refractivity contribution >= 4 is 51.3 Å². The molecule has 0 spiro atoms. The van der Waals surface area contributed by atoms with E-state index >= 15 is 0 Å². The van der Waals surface area contributed by atoms with Gasteiger partial charge in [-0.1, -0.05) is 11.6 Å². The van der Waals surface area contributed by atoms with Crippen molar-refractivity contribution in [1.82, 2.24) is 14.8 Å². The van der Waals surface area contributed by atoms with Gasteiger partial charge in [-0.2, -0.15) is 9.78 Å². The zero-order valence-corrected chi connectivity index (χ0v) is 13.0. The molecule has 5 nitrogen and oxygen atoms in total. The topological polar surface area (TPSA) is 57.0 Å². The first-order chi connectivity index (χ1) is 8.28. The number of halogens is 2. The molecule has 0 amide bonds. The van der Waals surface area contributed by atoms with Gasteiger partial charge in [0.05, 0.1) is 0 Å². The van der Waals surface area contributed by atoms with Crippen LogP contribution < -0.4 is 0 Å². The van der Waals surface area contributed by atoms with E-state index in [0.29, 0.717) is 19.9 Å². The molecule has 2 heterocycles. The molecule has 0 aliphatic rings. The molecule has 0 aliphatic heterocycles. The van der Waals surface area contributed by atoms with Crippen molar-refractivity contribution in [1.29, 1.82) is 0 Å². The van der Waals surface area contributed by atoms with Crippen LogP contribution >= 0.6 is 34.2 Å². The average molecular weight is 380 g/mol. The summed E-state index contributed by atoms with van der Waals surface area (Å²) in [5.41, 5.74) is 0.604. The van der Waals surface area contributed by atoms with E-state index in [-0.39, 0.29) is 0 Å². The Morgan fingerprint density at radius 2 is 2.11 bits per heavy atom. The van der Waals surface area contributed by atoms with E-state index in [0.717, 1.165) is 0 Å². The van der Waals surface area contributed by atoms with Crippen molar-refractivity contribution < 1.29 is 9.53 Å². The van der Waals surface area contributed by atoms with Crippen molar-refractivity contribution in [3.63, 3.8) is 0 Å². The molecule has 0 N–H and O–H groups in total. The number of hydrogen-bond acceptors (Lipinski definition) is 4. The molecule has 0 bridgehead atoms. The number of fused-ring (bicyclic) bond motifs is 1. The molecule has 96 valence electrons. The van der Waals surface area contributed by atoms with Crippen molar-refractivity contribution in [2.75, 3.05) is 0 Å². The number of nitrogens with zero attached hydrogens (tertiary/aromatic N) is 3.